The summed E-state index contributed by atoms with van der Waals surface area (Å²) in [5, 5.41) is 3.49. The molecule has 1 aromatic rings. The highest BCUT2D eigenvalue weighted by Gasteiger charge is 2.15. The van der Waals surface area contributed by atoms with Crippen LogP contribution in [-0.4, -0.2) is 19.6 Å². The lowest BCUT2D eigenvalue weighted by Gasteiger charge is -2.31. The van der Waals surface area contributed by atoms with Crippen molar-refractivity contribution in [1.82, 2.24) is 5.32 Å². The molecule has 1 aromatic carbocycles. The molecule has 0 saturated carbocycles. The number of hydrogen-bond donors (Lipinski definition) is 1. The first kappa shape index (κ1) is 15.0. The molecule has 0 saturated heterocycles. The van der Waals surface area contributed by atoms with E-state index in [1.54, 1.807) is 0 Å². The smallest absolute Gasteiger partial charge is 0.0411 e. The van der Waals surface area contributed by atoms with Crippen molar-refractivity contribution >= 4 is 5.69 Å². The second-order valence-corrected chi connectivity index (χ2v) is 5.40. The Hall–Kier alpha value is -1.02. The molecular formula is C16H28N2. The second kappa shape index (κ2) is 7.42. The van der Waals surface area contributed by atoms with E-state index in [0.717, 1.165) is 13.1 Å². The van der Waals surface area contributed by atoms with E-state index in [4.69, 9.17) is 0 Å². The van der Waals surface area contributed by atoms with Gasteiger partial charge in [-0.3, -0.25) is 0 Å². The second-order valence-electron chi connectivity index (χ2n) is 5.40. The Morgan fingerprint density at radius 2 is 1.83 bits per heavy atom. The van der Waals surface area contributed by atoms with E-state index >= 15 is 0 Å². The molecule has 0 amide bonds. The van der Waals surface area contributed by atoms with Crippen molar-refractivity contribution in [1.29, 1.82) is 0 Å². The van der Waals surface area contributed by atoms with Crippen LogP contribution < -0.4 is 10.2 Å². The highest BCUT2D eigenvalue weighted by Crippen LogP contribution is 2.23. The molecule has 2 nitrogen and oxygen atoms in total. The van der Waals surface area contributed by atoms with Crippen LogP contribution in [0, 0.1) is 5.92 Å². The number of nitrogens with zero attached hydrogens (tertiary/aromatic N) is 1. The Balaban J connectivity index is 2.80. The van der Waals surface area contributed by atoms with E-state index in [-0.39, 0.29) is 0 Å². The lowest BCUT2D eigenvalue weighted by atomic mass is 10.0. The zero-order valence-electron chi connectivity index (χ0n) is 12.5. The van der Waals surface area contributed by atoms with Crippen LogP contribution in [0.2, 0.25) is 0 Å². The summed E-state index contributed by atoms with van der Waals surface area (Å²) in [6.07, 6.45) is 1.18. The van der Waals surface area contributed by atoms with Gasteiger partial charge in [0.2, 0.25) is 0 Å². The van der Waals surface area contributed by atoms with Gasteiger partial charge in [-0.2, -0.15) is 0 Å². The minimum Gasteiger partial charge on any atom is -0.371 e. The standard InChI is InChI=1S/C16H28N2/c1-6-11-17-12-15-9-7-8-10-16(15)18(5)14(4)13(2)3/h7-10,13-14,17H,6,11-12H2,1-5H3. The fraction of sp³-hybridized carbons (Fsp3) is 0.625. The van der Waals surface area contributed by atoms with Gasteiger partial charge < -0.3 is 10.2 Å². The maximum atomic E-state index is 3.49. The third-order valence-electron chi connectivity index (χ3n) is 3.69. The first-order valence-electron chi connectivity index (χ1n) is 7.09. The van der Waals surface area contributed by atoms with Crippen LogP contribution in [0.25, 0.3) is 0 Å². The van der Waals surface area contributed by atoms with E-state index in [9.17, 15) is 0 Å². The molecule has 0 radical (unpaired) electrons. The van der Waals surface area contributed by atoms with Gasteiger partial charge in [-0.25, -0.2) is 0 Å². The predicted molar refractivity (Wildman–Crippen MR) is 81.1 cm³/mol. The maximum Gasteiger partial charge on any atom is 0.0411 e. The average molecular weight is 248 g/mol. The van der Waals surface area contributed by atoms with Crippen LogP contribution >= 0.6 is 0 Å². The summed E-state index contributed by atoms with van der Waals surface area (Å²) in [7, 11) is 2.20. The molecule has 0 heterocycles. The molecule has 102 valence electrons. The lowest BCUT2D eigenvalue weighted by Crippen LogP contribution is -2.34. The lowest BCUT2D eigenvalue weighted by molar-refractivity contribution is 0.504. The molecule has 0 fully saturated rings. The number of benzene rings is 1. The van der Waals surface area contributed by atoms with Gasteiger partial charge in [-0.1, -0.05) is 39.0 Å². The third-order valence-corrected chi connectivity index (χ3v) is 3.69. The van der Waals surface area contributed by atoms with Crippen LogP contribution in [0.1, 0.15) is 39.7 Å². The monoisotopic (exact) mass is 248 g/mol. The van der Waals surface area contributed by atoms with Gasteiger partial charge in [0.1, 0.15) is 0 Å². The van der Waals surface area contributed by atoms with Gasteiger partial charge in [-0.05, 0) is 37.4 Å². The Morgan fingerprint density at radius 3 is 2.44 bits per heavy atom. The van der Waals surface area contributed by atoms with Gasteiger partial charge >= 0.3 is 0 Å². The van der Waals surface area contributed by atoms with Crippen LogP contribution in [0.5, 0.6) is 0 Å². The van der Waals surface area contributed by atoms with Crippen molar-refractivity contribution in [2.75, 3.05) is 18.5 Å². The molecule has 0 aliphatic heterocycles. The van der Waals surface area contributed by atoms with Crippen LogP contribution in [0.4, 0.5) is 5.69 Å². The molecule has 0 bridgehead atoms. The Bertz CT molecular complexity index is 347. The minimum absolute atomic E-state index is 0.553. The van der Waals surface area contributed by atoms with Crippen LogP contribution in [0.3, 0.4) is 0 Å². The van der Waals surface area contributed by atoms with E-state index < -0.39 is 0 Å². The molecular weight excluding hydrogens is 220 g/mol. The Labute approximate surface area is 112 Å². The third kappa shape index (κ3) is 4.02. The zero-order valence-corrected chi connectivity index (χ0v) is 12.5. The summed E-state index contributed by atoms with van der Waals surface area (Å²) in [5.41, 5.74) is 2.74. The minimum atomic E-state index is 0.553. The summed E-state index contributed by atoms with van der Waals surface area (Å²) in [6, 6.07) is 9.25. The number of para-hydroxylation sites is 1. The molecule has 0 aliphatic carbocycles. The molecule has 0 aliphatic rings. The summed E-state index contributed by atoms with van der Waals surface area (Å²) in [5.74, 6) is 0.659. The first-order valence-corrected chi connectivity index (χ1v) is 7.09. The molecule has 2 heteroatoms. The van der Waals surface area contributed by atoms with Crippen molar-refractivity contribution in [3.8, 4) is 0 Å². The molecule has 18 heavy (non-hydrogen) atoms. The maximum absolute atomic E-state index is 3.49. The van der Waals surface area contributed by atoms with E-state index in [2.05, 4.69) is 69.2 Å². The normalized spacial score (nSPS) is 12.8. The van der Waals surface area contributed by atoms with E-state index in [1.807, 2.05) is 0 Å². The number of anilines is 1. The van der Waals surface area contributed by atoms with Crippen molar-refractivity contribution in [2.45, 2.75) is 46.7 Å². The fourth-order valence-electron chi connectivity index (χ4n) is 2.07. The van der Waals surface area contributed by atoms with Crippen molar-refractivity contribution < 1.29 is 0 Å². The Kier molecular flexibility index (Phi) is 6.20. The van der Waals surface area contributed by atoms with Gasteiger partial charge in [-0.15, -0.1) is 0 Å². The quantitative estimate of drug-likeness (QED) is 0.741. The molecule has 0 spiro atoms. The van der Waals surface area contributed by atoms with Gasteiger partial charge in [0.25, 0.3) is 0 Å². The summed E-state index contributed by atoms with van der Waals surface area (Å²) >= 11 is 0. The van der Waals surface area contributed by atoms with Crippen LogP contribution in [-0.2, 0) is 6.54 Å². The Morgan fingerprint density at radius 1 is 1.17 bits per heavy atom. The highest BCUT2D eigenvalue weighted by molar-refractivity contribution is 5.53. The van der Waals surface area contributed by atoms with E-state index in [0.29, 0.717) is 12.0 Å². The van der Waals surface area contributed by atoms with Gasteiger partial charge in [0.05, 0.1) is 0 Å². The van der Waals surface area contributed by atoms with Crippen LogP contribution in [0.15, 0.2) is 24.3 Å². The largest absolute Gasteiger partial charge is 0.371 e. The van der Waals surface area contributed by atoms with Crippen molar-refractivity contribution in [2.24, 2.45) is 5.92 Å². The SMILES string of the molecule is CCCNCc1ccccc1N(C)C(C)C(C)C. The van der Waals surface area contributed by atoms with Gasteiger partial charge in [0, 0.05) is 25.3 Å². The predicted octanol–water partition coefficient (Wildman–Crippen LogP) is 3.67. The zero-order chi connectivity index (χ0) is 13.5. The number of nitrogens with one attached hydrogen (secondary N) is 1. The summed E-state index contributed by atoms with van der Waals surface area (Å²) in [4.78, 5) is 2.40. The van der Waals surface area contributed by atoms with E-state index in [1.165, 1.54) is 17.7 Å². The number of rotatable bonds is 7. The first-order chi connectivity index (χ1) is 8.57. The molecule has 1 atom stereocenters. The molecule has 1 unspecified atom stereocenters. The van der Waals surface area contributed by atoms with Gasteiger partial charge in [0.15, 0.2) is 0 Å². The molecule has 1 N–H and O–H groups in total. The van der Waals surface area contributed by atoms with Crippen molar-refractivity contribution in [3.63, 3.8) is 0 Å². The average Bonchev–Trinajstić information content (AvgIpc) is 2.38. The fourth-order valence-corrected chi connectivity index (χ4v) is 2.07. The highest BCUT2D eigenvalue weighted by atomic mass is 15.1. The summed E-state index contributed by atoms with van der Waals surface area (Å²) < 4.78 is 0. The molecule has 1 rings (SSSR count). The molecule has 0 aromatic heterocycles. The van der Waals surface area contributed by atoms with Crippen molar-refractivity contribution in [3.05, 3.63) is 29.8 Å². The summed E-state index contributed by atoms with van der Waals surface area (Å²) in [6.45, 7) is 11.1. The topological polar surface area (TPSA) is 15.3 Å². The number of hydrogen-bond acceptors (Lipinski definition) is 2.